The van der Waals surface area contributed by atoms with Crippen molar-refractivity contribution < 1.29 is 4.39 Å². The van der Waals surface area contributed by atoms with Crippen LogP contribution >= 0.6 is 15.9 Å². The van der Waals surface area contributed by atoms with Crippen molar-refractivity contribution in [1.29, 1.82) is 0 Å². The summed E-state index contributed by atoms with van der Waals surface area (Å²) in [5.41, 5.74) is 0.912. The van der Waals surface area contributed by atoms with Gasteiger partial charge in [0.1, 0.15) is 5.82 Å². The van der Waals surface area contributed by atoms with Crippen LogP contribution in [0.2, 0.25) is 0 Å². The van der Waals surface area contributed by atoms with Gasteiger partial charge in [-0.05, 0) is 23.8 Å². The molecule has 1 aromatic carbocycles. The Balaban J connectivity index is 1.78. The summed E-state index contributed by atoms with van der Waals surface area (Å²) < 4.78 is 15.6. The maximum absolute atomic E-state index is 13.1. The van der Waals surface area contributed by atoms with Gasteiger partial charge in [-0.3, -0.25) is 4.68 Å². The summed E-state index contributed by atoms with van der Waals surface area (Å²) in [5, 5.41) is 10.8. The first-order valence-electron chi connectivity index (χ1n) is 5.24. The van der Waals surface area contributed by atoms with E-state index in [1.165, 1.54) is 12.1 Å². The molecule has 0 aliphatic rings. The summed E-state index contributed by atoms with van der Waals surface area (Å²) in [6.45, 7) is 2.14. The number of nitrogens with zero attached hydrogens (tertiary/aromatic N) is 3. The molecule has 0 saturated carbocycles. The van der Waals surface area contributed by atoms with Gasteiger partial charge in [0.05, 0.1) is 12.7 Å². The Labute approximate surface area is 107 Å². The van der Waals surface area contributed by atoms with Crippen molar-refractivity contribution >= 4 is 15.9 Å². The van der Waals surface area contributed by atoms with Crippen LogP contribution in [0.5, 0.6) is 0 Å². The molecule has 1 aromatic heterocycles. The average Bonchev–Trinajstić information content (AvgIpc) is 2.76. The number of hydrogen-bond acceptors (Lipinski definition) is 3. The Morgan fingerprint density at radius 1 is 1.35 bits per heavy atom. The van der Waals surface area contributed by atoms with E-state index in [1.807, 2.05) is 6.07 Å². The standard InChI is InChI=1S/C11H12BrFN4/c12-10-5-9(6-11(13)7-10)8-14-1-3-17-4-2-15-16-17/h2,4-7,14H,1,3,8H2. The molecule has 0 aliphatic carbocycles. The second-order valence-corrected chi connectivity index (χ2v) is 4.54. The van der Waals surface area contributed by atoms with Crippen LogP contribution in [0.1, 0.15) is 5.56 Å². The maximum atomic E-state index is 13.1. The lowest BCUT2D eigenvalue weighted by atomic mass is 10.2. The van der Waals surface area contributed by atoms with Crippen LogP contribution in [0.3, 0.4) is 0 Å². The molecule has 0 saturated heterocycles. The molecule has 2 aromatic rings. The molecule has 1 heterocycles. The monoisotopic (exact) mass is 298 g/mol. The second kappa shape index (κ2) is 5.88. The van der Waals surface area contributed by atoms with Crippen molar-refractivity contribution in [3.63, 3.8) is 0 Å². The van der Waals surface area contributed by atoms with Gasteiger partial charge in [-0.15, -0.1) is 5.10 Å². The lowest BCUT2D eigenvalue weighted by Gasteiger charge is -2.05. The number of nitrogens with one attached hydrogen (secondary N) is 1. The van der Waals surface area contributed by atoms with Crippen LogP contribution in [0, 0.1) is 5.82 Å². The second-order valence-electron chi connectivity index (χ2n) is 3.62. The normalized spacial score (nSPS) is 10.7. The summed E-state index contributed by atoms with van der Waals surface area (Å²) in [6.07, 6.45) is 3.45. The van der Waals surface area contributed by atoms with Crippen molar-refractivity contribution in [3.8, 4) is 0 Å². The quantitative estimate of drug-likeness (QED) is 0.858. The first-order valence-corrected chi connectivity index (χ1v) is 6.03. The summed E-state index contributed by atoms with van der Waals surface area (Å²) in [6, 6.07) is 4.86. The van der Waals surface area contributed by atoms with E-state index in [4.69, 9.17) is 0 Å². The number of hydrogen-bond donors (Lipinski definition) is 1. The fourth-order valence-electron chi connectivity index (χ4n) is 1.49. The van der Waals surface area contributed by atoms with E-state index < -0.39 is 0 Å². The van der Waals surface area contributed by atoms with Crippen molar-refractivity contribution in [1.82, 2.24) is 20.3 Å². The van der Waals surface area contributed by atoms with Gasteiger partial charge in [0.15, 0.2) is 0 Å². The highest BCUT2D eigenvalue weighted by molar-refractivity contribution is 9.10. The lowest BCUT2D eigenvalue weighted by Crippen LogP contribution is -2.19. The van der Waals surface area contributed by atoms with Crippen LogP contribution in [0.15, 0.2) is 35.1 Å². The van der Waals surface area contributed by atoms with Crippen molar-refractivity contribution in [2.75, 3.05) is 6.54 Å². The van der Waals surface area contributed by atoms with Crippen LogP contribution in [-0.4, -0.2) is 21.5 Å². The average molecular weight is 299 g/mol. The molecular formula is C11H12BrFN4. The van der Waals surface area contributed by atoms with Gasteiger partial charge in [0.2, 0.25) is 0 Å². The predicted octanol–water partition coefficient (Wildman–Crippen LogP) is 1.97. The minimum Gasteiger partial charge on any atom is -0.311 e. The van der Waals surface area contributed by atoms with Crippen LogP contribution in [0.4, 0.5) is 4.39 Å². The highest BCUT2D eigenvalue weighted by atomic mass is 79.9. The van der Waals surface area contributed by atoms with Crippen LogP contribution < -0.4 is 5.32 Å². The van der Waals surface area contributed by atoms with E-state index in [1.54, 1.807) is 17.1 Å². The van der Waals surface area contributed by atoms with Gasteiger partial charge in [-0.1, -0.05) is 21.1 Å². The summed E-state index contributed by atoms with van der Waals surface area (Å²) >= 11 is 3.26. The fourth-order valence-corrected chi connectivity index (χ4v) is 2.00. The molecule has 2 rings (SSSR count). The molecule has 0 fully saturated rings. The molecule has 0 radical (unpaired) electrons. The molecule has 6 heteroatoms. The summed E-state index contributed by atoms with van der Waals surface area (Å²) in [4.78, 5) is 0. The lowest BCUT2D eigenvalue weighted by molar-refractivity contribution is 0.539. The van der Waals surface area contributed by atoms with Gasteiger partial charge < -0.3 is 5.32 Å². The third kappa shape index (κ3) is 3.90. The number of aromatic nitrogens is 3. The van der Waals surface area contributed by atoms with E-state index in [0.717, 1.165) is 23.1 Å². The number of halogens is 2. The Hall–Kier alpha value is -1.27. The smallest absolute Gasteiger partial charge is 0.124 e. The van der Waals surface area contributed by atoms with Gasteiger partial charge in [0.25, 0.3) is 0 Å². The highest BCUT2D eigenvalue weighted by Gasteiger charge is 1.99. The third-order valence-electron chi connectivity index (χ3n) is 2.24. The zero-order valence-corrected chi connectivity index (χ0v) is 10.7. The van der Waals surface area contributed by atoms with Gasteiger partial charge in [0, 0.05) is 23.8 Å². The minimum absolute atomic E-state index is 0.229. The first-order chi connectivity index (χ1) is 8.24. The molecule has 17 heavy (non-hydrogen) atoms. The van der Waals surface area contributed by atoms with E-state index in [0.29, 0.717) is 6.54 Å². The molecule has 4 nitrogen and oxygen atoms in total. The molecular weight excluding hydrogens is 287 g/mol. The SMILES string of the molecule is Fc1cc(Br)cc(CNCCn2ccnn2)c1. The molecule has 90 valence electrons. The third-order valence-corrected chi connectivity index (χ3v) is 2.70. The molecule has 0 unspecified atom stereocenters. The molecule has 0 amide bonds. The topological polar surface area (TPSA) is 42.7 Å². The molecule has 0 bridgehead atoms. The Morgan fingerprint density at radius 2 is 2.24 bits per heavy atom. The first kappa shape index (κ1) is 12.2. The zero-order chi connectivity index (χ0) is 12.1. The summed E-state index contributed by atoms with van der Waals surface area (Å²) in [5.74, 6) is -0.229. The minimum atomic E-state index is -0.229. The van der Waals surface area contributed by atoms with Crippen LogP contribution in [0.25, 0.3) is 0 Å². The fraction of sp³-hybridized carbons (Fsp3) is 0.273. The van der Waals surface area contributed by atoms with Gasteiger partial charge in [-0.25, -0.2) is 4.39 Å². The molecule has 1 N–H and O–H groups in total. The Bertz CT molecular complexity index is 452. The number of benzene rings is 1. The van der Waals surface area contributed by atoms with Crippen molar-refractivity contribution in [2.24, 2.45) is 0 Å². The van der Waals surface area contributed by atoms with Gasteiger partial charge in [-0.2, -0.15) is 0 Å². The van der Waals surface area contributed by atoms with Crippen molar-refractivity contribution in [3.05, 3.63) is 46.4 Å². The van der Waals surface area contributed by atoms with E-state index in [9.17, 15) is 4.39 Å². The van der Waals surface area contributed by atoms with Crippen LogP contribution in [-0.2, 0) is 13.1 Å². The molecule has 0 aliphatic heterocycles. The number of rotatable bonds is 5. The maximum Gasteiger partial charge on any atom is 0.124 e. The predicted molar refractivity (Wildman–Crippen MR) is 65.8 cm³/mol. The Morgan fingerprint density at radius 3 is 2.94 bits per heavy atom. The molecule has 0 spiro atoms. The van der Waals surface area contributed by atoms with E-state index >= 15 is 0 Å². The zero-order valence-electron chi connectivity index (χ0n) is 9.11. The molecule has 0 atom stereocenters. The van der Waals surface area contributed by atoms with E-state index in [2.05, 4.69) is 31.6 Å². The van der Waals surface area contributed by atoms with Gasteiger partial charge >= 0.3 is 0 Å². The largest absolute Gasteiger partial charge is 0.311 e. The van der Waals surface area contributed by atoms with E-state index in [-0.39, 0.29) is 5.82 Å². The van der Waals surface area contributed by atoms with Crippen molar-refractivity contribution in [2.45, 2.75) is 13.1 Å². The summed E-state index contributed by atoms with van der Waals surface area (Å²) in [7, 11) is 0. The highest BCUT2D eigenvalue weighted by Crippen LogP contribution is 2.14. The Kier molecular flexibility index (Phi) is 4.22.